The first-order chi connectivity index (χ1) is 12.5. The van der Waals surface area contributed by atoms with Gasteiger partial charge in [0.2, 0.25) is 0 Å². The summed E-state index contributed by atoms with van der Waals surface area (Å²) in [5.41, 5.74) is 3.82. The maximum absolute atomic E-state index is 12.5. The lowest BCUT2D eigenvalue weighted by Gasteiger charge is -2.32. The lowest BCUT2D eigenvalue weighted by atomic mass is 10.1. The third kappa shape index (κ3) is 6.20. The summed E-state index contributed by atoms with van der Waals surface area (Å²) in [5, 5.41) is 13.5. The number of nitrogens with one attached hydrogen (secondary N) is 1. The highest BCUT2D eigenvalue weighted by Gasteiger charge is 2.23. The molecule has 0 bridgehead atoms. The van der Waals surface area contributed by atoms with E-state index in [0.717, 1.165) is 65.0 Å². The van der Waals surface area contributed by atoms with Crippen LogP contribution in [0.1, 0.15) is 36.0 Å². The SMILES string of the molecule is CN1CCN(NC(=O)c2ccc(N3CCCCCC3)c([N+](=O)[O-])c2)CC1.[Cl-].[Cl-]. The van der Waals surface area contributed by atoms with Crippen molar-refractivity contribution in [3.63, 3.8) is 0 Å². The van der Waals surface area contributed by atoms with Crippen LogP contribution in [0.15, 0.2) is 18.2 Å². The van der Waals surface area contributed by atoms with Gasteiger partial charge in [0.1, 0.15) is 5.69 Å². The average Bonchev–Trinajstić information content (AvgIpc) is 2.92. The van der Waals surface area contributed by atoms with Crippen LogP contribution >= 0.6 is 0 Å². The number of hydrogen-bond donors (Lipinski definition) is 1. The molecule has 2 fully saturated rings. The van der Waals surface area contributed by atoms with Gasteiger partial charge in [-0.2, -0.15) is 0 Å². The average molecular weight is 432 g/mol. The lowest BCUT2D eigenvalue weighted by molar-refractivity contribution is -0.384. The molecule has 3 rings (SSSR count). The number of rotatable bonds is 4. The van der Waals surface area contributed by atoms with E-state index < -0.39 is 0 Å². The Kier molecular flexibility index (Phi) is 9.95. The van der Waals surface area contributed by atoms with Crippen LogP contribution in [0.5, 0.6) is 0 Å². The van der Waals surface area contributed by atoms with Gasteiger partial charge in [-0.05, 0) is 32.0 Å². The highest BCUT2D eigenvalue weighted by Crippen LogP contribution is 2.31. The van der Waals surface area contributed by atoms with Crippen LogP contribution in [0.3, 0.4) is 0 Å². The number of nitro benzene ring substituents is 1. The third-order valence-electron chi connectivity index (χ3n) is 5.14. The first-order valence-corrected chi connectivity index (χ1v) is 9.32. The van der Waals surface area contributed by atoms with Crippen molar-refractivity contribution in [3.8, 4) is 0 Å². The summed E-state index contributed by atoms with van der Waals surface area (Å²) < 4.78 is 0. The molecule has 28 heavy (non-hydrogen) atoms. The number of likely N-dealkylation sites (N-methyl/N-ethyl adjacent to an activating group) is 1. The van der Waals surface area contributed by atoms with Crippen molar-refractivity contribution in [1.29, 1.82) is 0 Å². The minimum absolute atomic E-state index is 0. The summed E-state index contributed by atoms with van der Waals surface area (Å²) in [6.07, 6.45) is 4.41. The Labute approximate surface area is 178 Å². The van der Waals surface area contributed by atoms with Crippen molar-refractivity contribution in [2.45, 2.75) is 25.7 Å². The van der Waals surface area contributed by atoms with E-state index >= 15 is 0 Å². The van der Waals surface area contributed by atoms with Crippen LogP contribution < -0.4 is 35.1 Å². The van der Waals surface area contributed by atoms with E-state index in [0.29, 0.717) is 11.3 Å². The summed E-state index contributed by atoms with van der Waals surface area (Å²) >= 11 is 0. The second-order valence-electron chi connectivity index (χ2n) is 7.09. The van der Waals surface area contributed by atoms with Crippen LogP contribution in [0.2, 0.25) is 0 Å². The molecule has 0 radical (unpaired) electrons. The Bertz CT molecular complexity index is 661. The fourth-order valence-corrected chi connectivity index (χ4v) is 3.52. The standard InChI is InChI=1S/C18H27N5O3.2ClH/c1-20-10-12-22(13-11-20)19-18(24)15-6-7-16(17(14-15)23(25)26)21-8-4-2-3-5-9-21;;/h6-7,14H,2-5,8-13H2,1H3,(H,19,24);2*1H/p-2. The molecule has 2 heterocycles. The minimum Gasteiger partial charge on any atom is -1.00 e. The van der Waals surface area contributed by atoms with Gasteiger partial charge in [-0.15, -0.1) is 0 Å². The number of hydrazine groups is 1. The molecule has 2 saturated heterocycles. The Morgan fingerprint density at radius 2 is 1.61 bits per heavy atom. The molecule has 2 aliphatic rings. The van der Waals surface area contributed by atoms with E-state index in [2.05, 4.69) is 15.2 Å². The Hall–Kier alpha value is -1.61. The van der Waals surface area contributed by atoms with E-state index in [-0.39, 0.29) is 41.3 Å². The number of carbonyl (C=O) groups excluding carboxylic acids is 1. The number of carbonyl (C=O) groups is 1. The molecular weight excluding hydrogens is 405 g/mol. The topological polar surface area (TPSA) is 82.0 Å². The first kappa shape index (κ1) is 24.4. The number of halogens is 2. The van der Waals surface area contributed by atoms with Crippen molar-refractivity contribution in [1.82, 2.24) is 15.3 Å². The van der Waals surface area contributed by atoms with Gasteiger partial charge in [0, 0.05) is 50.9 Å². The molecule has 0 aromatic heterocycles. The van der Waals surface area contributed by atoms with E-state index in [1.807, 2.05) is 12.1 Å². The van der Waals surface area contributed by atoms with Gasteiger partial charge in [0.05, 0.1) is 4.92 Å². The third-order valence-corrected chi connectivity index (χ3v) is 5.14. The van der Waals surface area contributed by atoms with Gasteiger partial charge < -0.3 is 34.6 Å². The Morgan fingerprint density at radius 1 is 1.00 bits per heavy atom. The molecule has 2 aliphatic heterocycles. The van der Waals surface area contributed by atoms with Crippen LogP contribution in [0.25, 0.3) is 0 Å². The molecule has 10 heteroatoms. The van der Waals surface area contributed by atoms with E-state index in [9.17, 15) is 14.9 Å². The van der Waals surface area contributed by atoms with E-state index in [1.54, 1.807) is 12.1 Å². The number of hydrogen-bond acceptors (Lipinski definition) is 6. The minimum atomic E-state index is -0.382. The van der Waals surface area contributed by atoms with Gasteiger partial charge in [-0.1, -0.05) is 12.8 Å². The van der Waals surface area contributed by atoms with Gasteiger partial charge in [0.25, 0.3) is 11.6 Å². The lowest BCUT2D eigenvalue weighted by Crippen LogP contribution is -3.00. The second kappa shape index (κ2) is 11.4. The summed E-state index contributed by atoms with van der Waals surface area (Å²) in [4.78, 5) is 28.0. The maximum Gasteiger partial charge on any atom is 0.293 e. The molecule has 0 saturated carbocycles. The van der Waals surface area contributed by atoms with Gasteiger partial charge in [-0.25, -0.2) is 5.01 Å². The number of amides is 1. The second-order valence-corrected chi connectivity index (χ2v) is 7.09. The van der Waals surface area contributed by atoms with Crippen molar-refractivity contribution >= 4 is 17.3 Å². The van der Waals surface area contributed by atoms with Crippen LogP contribution in [0.4, 0.5) is 11.4 Å². The number of anilines is 1. The molecule has 158 valence electrons. The molecule has 8 nitrogen and oxygen atoms in total. The molecule has 0 atom stereocenters. The van der Waals surface area contributed by atoms with Crippen LogP contribution in [0, 0.1) is 10.1 Å². The van der Waals surface area contributed by atoms with E-state index in [1.165, 1.54) is 6.07 Å². The molecule has 1 aromatic carbocycles. The van der Waals surface area contributed by atoms with Crippen molar-refractivity contribution in [3.05, 3.63) is 33.9 Å². The number of piperazine rings is 1. The molecule has 1 amide bonds. The molecule has 0 aliphatic carbocycles. The Morgan fingerprint density at radius 3 is 2.18 bits per heavy atom. The van der Waals surface area contributed by atoms with Crippen molar-refractivity contribution < 1.29 is 34.5 Å². The van der Waals surface area contributed by atoms with Crippen LogP contribution in [-0.2, 0) is 0 Å². The van der Waals surface area contributed by atoms with E-state index in [4.69, 9.17) is 0 Å². The highest BCUT2D eigenvalue weighted by atomic mass is 35.5. The summed E-state index contributed by atoms with van der Waals surface area (Å²) in [5.74, 6) is -0.292. The molecule has 1 aromatic rings. The van der Waals surface area contributed by atoms with Gasteiger partial charge in [-0.3, -0.25) is 20.3 Å². The Balaban J connectivity index is 0.00000196. The quantitative estimate of drug-likeness (QED) is 0.385. The largest absolute Gasteiger partial charge is 1.00 e. The molecule has 1 N–H and O–H groups in total. The zero-order valence-electron chi connectivity index (χ0n) is 16.1. The molecule has 0 unspecified atom stereocenters. The summed E-state index contributed by atoms with van der Waals surface area (Å²) in [6, 6.07) is 4.83. The fourth-order valence-electron chi connectivity index (χ4n) is 3.52. The normalized spacial score (nSPS) is 18.4. The fraction of sp³-hybridized carbons (Fsp3) is 0.611. The van der Waals surface area contributed by atoms with Gasteiger partial charge >= 0.3 is 0 Å². The highest BCUT2D eigenvalue weighted by molar-refractivity contribution is 5.95. The zero-order valence-corrected chi connectivity index (χ0v) is 17.6. The summed E-state index contributed by atoms with van der Waals surface area (Å²) in [7, 11) is 2.05. The monoisotopic (exact) mass is 431 g/mol. The number of nitrogens with zero attached hydrogens (tertiary/aromatic N) is 4. The first-order valence-electron chi connectivity index (χ1n) is 9.32. The number of nitro groups is 1. The zero-order chi connectivity index (χ0) is 18.5. The molecular formula is C18H27Cl2N5O3-2. The van der Waals surface area contributed by atoms with Gasteiger partial charge in [0.15, 0.2) is 0 Å². The van der Waals surface area contributed by atoms with Crippen LogP contribution in [-0.4, -0.2) is 67.1 Å². The summed E-state index contributed by atoms with van der Waals surface area (Å²) in [6.45, 7) is 4.91. The molecule has 0 spiro atoms. The predicted octanol–water partition coefficient (Wildman–Crippen LogP) is -4.12. The maximum atomic E-state index is 12.5. The predicted molar refractivity (Wildman–Crippen MR) is 100 cm³/mol. The number of benzene rings is 1. The smallest absolute Gasteiger partial charge is 0.293 e. The van der Waals surface area contributed by atoms with Crippen molar-refractivity contribution in [2.24, 2.45) is 0 Å². The van der Waals surface area contributed by atoms with Crippen molar-refractivity contribution in [2.75, 3.05) is 51.2 Å².